The molecule has 0 aliphatic heterocycles. The lowest BCUT2D eigenvalue weighted by Gasteiger charge is -2.27. The second-order valence-corrected chi connectivity index (χ2v) is 7.57. The van der Waals surface area contributed by atoms with E-state index >= 15 is 0 Å². The third-order valence-electron chi connectivity index (χ3n) is 3.64. The van der Waals surface area contributed by atoms with E-state index in [1.54, 1.807) is 27.5 Å². The molecule has 2 aliphatic carbocycles. The molecule has 2 rings (SSSR count). The number of aliphatic imine (C=N–C) groups is 1. The second kappa shape index (κ2) is 8.75. The van der Waals surface area contributed by atoms with Gasteiger partial charge in [-0.15, -0.1) is 0 Å². The van der Waals surface area contributed by atoms with Crippen molar-refractivity contribution < 1.29 is 19.3 Å². The van der Waals surface area contributed by atoms with Crippen LogP contribution in [0.15, 0.2) is 47.9 Å². The van der Waals surface area contributed by atoms with Crippen LogP contribution in [0, 0.1) is 5.92 Å². The van der Waals surface area contributed by atoms with Gasteiger partial charge in [-0.2, -0.15) is 0 Å². The van der Waals surface area contributed by atoms with Crippen LogP contribution in [0.1, 0.15) is 0 Å². The molecule has 0 aromatic carbocycles. The Labute approximate surface area is 163 Å². The highest BCUT2D eigenvalue weighted by Gasteiger charge is 2.29. The molecule has 4 unspecified atom stereocenters. The second-order valence-electron chi connectivity index (χ2n) is 5.08. The van der Waals surface area contributed by atoms with Crippen LogP contribution in [0.3, 0.4) is 0 Å². The molecule has 0 saturated carbocycles. The fourth-order valence-electron chi connectivity index (χ4n) is 2.41. The highest BCUT2D eigenvalue weighted by atomic mass is 127. The van der Waals surface area contributed by atoms with Gasteiger partial charge >= 0.3 is 0 Å². The van der Waals surface area contributed by atoms with Crippen molar-refractivity contribution in [1.29, 1.82) is 0 Å². The molecule has 0 spiro atoms. The Morgan fingerprint density at radius 2 is 1.87 bits per heavy atom. The number of ether oxygens (including phenoxy) is 3. The van der Waals surface area contributed by atoms with Crippen molar-refractivity contribution >= 4 is 51.4 Å². The smallest absolute Gasteiger partial charge is 0.144 e. The molecular formula is C16H19I2NO4. The summed E-state index contributed by atoms with van der Waals surface area (Å²) < 4.78 is 18.2. The van der Waals surface area contributed by atoms with Crippen LogP contribution in [0.5, 0.6) is 0 Å². The van der Waals surface area contributed by atoms with Gasteiger partial charge in [0.2, 0.25) is 0 Å². The van der Waals surface area contributed by atoms with Crippen LogP contribution < -0.4 is 0 Å². The summed E-state index contributed by atoms with van der Waals surface area (Å²) in [6.07, 6.45) is 8.31. The fraction of sp³-hybridized carbons (Fsp3) is 0.438. The number of halogens is 2. The maximum Gasteiger partial charge on any atom is 0.144 e. The van der Waals surface area contributed by atoms with E-state index in [1.165, 1.54) is 0 Å². The third kappa shape index (κ3) is 4.65. The van der Waals surface area contributed by atoms with Gasteiger partial charge in [0.1, 0.15) is 18.0 Å². The number of aliphatic hydroxyl groups is 1. The van der Waals surface area contributed by atoms with Crippen molar-refractivity contribution in [3.05, 3.63) is 42.9 Å². The maximum atomic E-state index is 10.2. The van der Waals surface area contributed by atoms with Gasteiger partial charge in [-0.3, -0.25) is 4.99 Å². The quantitative estimate of drug-likeness (QED) is 0.428. The molecule has 0 aromatic rings. The highest BCUT2D eigenvalue weighted by Crippen LogP contribution is 2.30. The molecule has 4 atom stereocenters. The van der Waals surface area contributed by atoms with Crippen molar-refractivity contribution in [3.8, 4) is 0 Å². The molecule has 5 nitrogen and oxygen atoms in total. The number of hydrogen-bond acceptors (Lipinski definition) is 5. The predicted octanol–water partition coefficient (Wildman–Crippen LogP) is 3.14. The molecule has 2 aliphatic rings. The normalized spacial score (nSPS) is 31.4. The first-order valence-electron chi connectivity index (χ1n) is 6.99. The highest BCUT2D eigenvalue weighted by molar-refractivity contribution is 14.1. The SMILES string of the molecule is COC1=CC(N=CC2C=C(I)C=C(I)C2O)=CC(OC)C1OC. The molecule has 0 radical (unpaired) electrons. The molecule has 1 N–H and O–H groups in total. The number of rotatable bonds is 5. The number of allylic oxidation sites excluding steroid dienone is 3. The van der Waals surface area contributed by atoms with E-state index in [4.69, 9.17) is 14.2 Å². The van der Waals surface area contributed by atoms with Crippen LogP contribution in [0.2, 0.25) is 0 Å². The summed E-state index contributed by atoms with van der Waals surface area (Å²) in [6, 6.07) is 0. The van der Waals surface area contributed by atoms with Crippen LogP contribution in [-0.4, -0.2) is 51.0 Å². The Balaban J connectivity index is 2.20. The van der Waals surface area contributed by atoms with Crippen LogP contribution in [0.25, 0.3) is 0 Å². The van der Waals surface area contributed by atoms with E-state index in [-0.39, 0.29) is 18.1 Å². The summed E-state index contributed by atoms with van der Waals surface area (Å²) in [7, 11) is 4.83. The molecular weight excluding hydrogens is 524 g/mol. The number of hydrogen-bond donors (Lipinski definition) is 1. The summed E-state index contributed by atoms with van der Waals surface area (Å²) in [5.74, 6) is 0.512. The Morgan fingerprint density at radius 3 is 2.48 bits per heavy atom. The lowest BCUT2D eigenvalue weighted by molar-refractivity contribution is -0.0190. The van der Waals surface area contributed by atoms with Crippen molar-refractivity contribution in [2.24, 2.45) is 10.9 Å². The van der Waals surface area contributed by atoms with E-state index < -0.39 is 6.10 Å². The van der Waals surface area contributed by atoms with Crippen molar-refractivity contribution in [2.45, 2.75) is 18.3 Å². The largest absolute Gasteiger partial charge is 0.498 e. The average molecular weight is 543 g/mol. The molecule has 0 fully saturated rings. The monoisotopic (exact) mass is 543 g/mol. The average Bonchev–Trinajstić information content (AvgIpc) is 2.55. The minimum Gasteiger partial charge on any atom is -0.498 e. The zero-order valence-electron chi connectivity index (χ0n) is 13.1. The Hall–Kier alpha value is -0.230. The van der Waals surface area contributed by atoms with Crippen LogP contribution in [-0.2, 0) is 14.2 Å². The fourth-order valence-corrected chi connectivity index (χ4v) is 4.51. The number of methoxy groups -OCH3 is 3. The first-order valence-corrected chi connectivity index (χ1v) is 9.15. The zero-order chi connectivity index (χ0) is 17.0. The molecule has 7 heteroatoms. The first-order chi connectivity index (χ1) is 11.0. The lowest BCUT2D eigenvalue weighted by atomic mass is 9.99. The Bertz CT molecular complexity index is 595. The molecule has 126 valence electrons. The minimum atomic E-state index is -0.558. The summed E-state index contributed by atoms with van der Waals surface area (Å²) >= 11 is 4.40. The zero-order valence-corrected chi connectivity index (χ0v) is 17.4. The first kappa shape index (κ1) is 19.1. The van der Waals surface area contributed by atoms with Crippen molar-refractivity contribution in [2.75, 3.05) is 21.3 Å². The Morgan fingerprint density at radius 1 is 1.13 bits per heavy atom. The molecule has 0 heterocycles. The van der Waals surface area contributed by atoms with E-state index in [9.17, 15) is 5.11 Å². The van der Waals surface area contributed by atoms with Gasteiger partial charge < -0.3 is 19.3 Å². The molecule has 0 saturated heterocycles. The van der Waals surface area contributed by atoms with Crippen molar-refractivity contribution in [3.63, 3.8) is 0 Å². The van der Waals surface area contributed by atoms with E-state index in [0.717, 1.165) is 12.9 Å². The topological polar surface area (TPSA) is 60.3 Å². The maximum absolute atomic E-state index is 10.2. The number of nitrogens with zero attached hydrogens (tertiary/aromatic N) is 1. The van der Waals surface area contributed by atoms with Gasteiger partial charge in [0.25, 0.3) is 0 Å². The molecule has 0 bridgehead atoms. The van der Waals surface area contributed by atoms with Crippen LogP contribution in [0.4, 0.5) is 0 Å². The van der Waals surface area contributed by atoms with Gasteiger partial charge in [-0.05, 0) is 57.3 Å². The standard InChI is InChI=1S/C16H19I2NO4/c1-21-13-6-11(7-14(22-2)16(13)23-3)19-8-9-4-10(17)5-12(18)15(9)20/h4-9,13,15-16,20H,1-3H3. The van der Waals surface area contributed by atoms with Gasteiger partial charge in [0, 0.05) is 39.6 Å². The van der Waals surface area contributed by atoms with E-state index in [0.29, 0.717) is 5.76 Å². The number of aliphatic hydroxyl groups excluding tert-OH is 1. The lowest BCUT2D eigenvalue weighted by Crippen LogP contribution is -2.33. The van der Waals surface area contributed by atoms with E-state index in [1.807, 2.05) is 24.3 Å². The summed E-state index contributed by atoms with van der Waals surface area (Å²) in [6.45, 7) is 0. The Kier molecular flexibility index (Phi) is 7.26. The van der Waals surface area contributed by atoms with Crippen LogP contribution >= 0.6 is 45.2 Å². The van der Waals surface area contributed by atoms with Gasteiger partial charge in [0.05, 0.1) is 18.9 Å². The third-order valence-corrected chi connectivity index (χ3v) is 5.26. The molecule has 23 heavy (non-hydrogen) atoms. The molecule has 0 amide bonds. The van der Waals surface area contributed by atoms with Crippen molar-refractivity contribution in [1.82, 2.24) is 0 Å². The summed E-state index contributed by atoms with van der Waals surface area (Å²) in [4.78, 5) is 4.50. The minimum absolute atomic E-state index is 0.153. The van der Waals surface area contributed by atoms with Gasteiger partial charge in [0.15, 0.2) is 0 Å². The van der Waals surface area contributed by atoms with Gasteiger partial charge in [-0.25, -0.2) is 0 Å². The summed E-state index contributed by atoms with van der Waals surface area (Å²) in [5.41, 5.74) is 0.724. The van der Waals surface area contributed by atoms with E-state index in [2.05, 4.69) is 50.2 Å². The van der Waals surface area contributed by atoms with Gasteiger partial charge in [-0.1, -0.05) is 6.08 Å². The molecule has 0 aromatic heterocycles. The summed E-state index contributed by atoms with van der Waals surface area (Å²) in [5, 5.41) is 10.2. The predicted molar refractivity (Wildman–Crippen MR) is 107 cm³/mol.